The van der Waals surface area contributed by atoms with E-state index in [9.17, 15) is 18.0 Å². The Morgan fingerprint density at radius 3 is 2.63 bits per heavy atom. The molecular formula is C22H19F3N2O3. The molecule has 30 heavy (non-hydrogen) atoms. The molecule has 0 unspecified atom stereocenters. The zero-order chi connectivity index (χ0) is 21.3. The van der Waals surface area contributed by atoms with E-state index in [1.54, 1.807) is 17.0 Å². The molecule has 0 bridgehead atoms. The van der Waals surface area contributed by atoms with Crippen molar-refractivity contribution >= 4 is 5.91 Å². The molecule has 2 heterocycles. The molecule has 0 N–H and O–H groups in total. The Labute approximate surface area is 171 Å². The standard InChI is InChI=1S/C22H19F3N2O3/c1-14-6-8-15(9-7-14)21(28)27-11-10-17-19(12-27)30-20(26-17)13-29-18-5-3-2-4-16(18)22(23,24)25/h2-9H,10-13H2,1H3. The number of carbonyl (C=O) groups is 1. The lowest BCUT2D eigenvalue weighted by atomic mass is 10.1. The van der Waals surface area contributed by atoms with Crippen molar-refractivity contribution in [3.8, 4) is 5.75 Å². The quantitative estimate of drug-likeness (QED) is 0.614. The molecule has 4 rings (SSSR count). The number of aromatic nitrogens is 1. The van der Waals surface area contributed by atoms with E-state index in [0.717, 1.165) is 11.6 Å². The summed E-state index contributed by atoms with van der Waals surface area (Å²) in [6.45, 7) is 2.47. The Kier molecular flexibility index (Phi) is 5.24. The summed E-state index contributed by atoms with van der Waals surface area (Å²) in [7, 11) is 0. The number of halogens is 3. The summed E-state index contributed by atoms with van der Waals surface area (Å²) in [5.41, 5.74) is 1.51. The van der Waals surface area contributed by atoms with Crippen molar-refractivity contribution in [3.63, 3.8) is 0 Å². The van der Waals surface area contributed by atoms with Crippen LogP contribution in [0.3, 0.4) is 0 Å². The first-order chi connectivity index (χ1) is 14.3. The summed E-state index contributed by atoms with van der Waals surface area (Å²) in [6, 6.07) is 12.3. The molecule has 0 radical (unpaired) electrons. The lowest BCUT2D eigenvalue weighted by Crippen LogP contribution is -2.35. The number of para-hydroxylation sites is 1. The summed E-state index contributed by atoms with van der Waals surface area (Å²) in [6.07, 6.45) is -4.00. The number of amides is 1. The minimum Gasteiger partial charge on any atom is -0.483 e. The number of fused-ring (bicyclic) bond motifs is 1. The van der Waals surface area contributed by atoms with Gasteiger partial charge in [-0.25, -0.2) is 4.98 Å². The number of aryl methyl sites for hydroxylation is 1. The number of alkyl halides is 3. The molecule has 0 atom stereocenters. The van der Waals surface area contributed by atoms with E-state index in [1.807, 2.05) is 19.1 Å². The fourth-order valence-corrected chi connectivity index (χ4v) is 3.33. The number of carbonyl (C=O) groups excluding carboxylic acids is 1. The Balaban J connectivity index is 1.44. The van der Waals surface area contributed by atoms with Crippen molar-refractivity contribution in [2.75, 3.05) is 6.54 Å². The molecule has 156 valence electrons. The van der Waals surface area contributed by atoms with Crippen LogP contribution in [0.1, 0.15) is 38.8 Å². The fourth-order valence-electron chi connectivity index (χ4n) is 3.33. The zero-order valence-electron chi connectivity index (χ0n) is 16.2. The molecule has 0 spiro atoms. The van der Waals surface area contributed by atoms with Crippen LogP contribution in [0.2, 0.25) is 0 Å². The van der Waals surface area contributed by atoms with E-state index in [2.05, 4.69) is 4.98 Å². The van der Waals surface area contributed by atoms with E-state index in [-0.39, 0.29) is 30.7 Å². The number of hydrogen-bond acceptors (Lipinski definition) is 4. The van der Waals surface area contributed by atoms with Gasteiger partial charge in [-0.3, -0.25) is 4.79 Å². The second-order valence-electron chi connectivity index (χ2n) is 7.10. The van der Waals surface area contributed by atoms with Gasteiger partial charge in [0.25, 0.3) is 5.91 Å². The number of oxazole rings is 1. The molecule has 2 aromatic carbocycles. The molecule has 0 saturated carbocycles. The SMILES string of the molecule is Cc1ccc(C(=O)N2CCc3nc(COc4ccccc4C(F)(F)F)oc3C2)cc1. The van der Waals surface area contributed by atoms with E-state index in [1.165, 1.54) is 18.2 Å². The molecule has 3 aromatic rings. The molecule has 1 aliphatic rings. The average Bonchev–Trinajstić information content (AvgIpc) is 3.14. The van der Waals surface area contributed by atoms with Crippen LogP contribution < -0.4 is 4.74 Å². The van der Waals surface area contributed by atoms with Gasteiger partial charge in [-0.05, 0) is 31.2 Å². The van der Waals surface area contributed by atoms with Crippen LogP contribution >= 0.6 is 0 Å². The molecule has 0 fully saturated rings. The Bertz CT molecular complexity index is 1060. The Hall–Kier alpha value is -3.29. The number of hydrogen-bond donors (Lipinski definition) is 0. The fraction of sp³-hybridized carbons (Fsp3) is 0.273. The van der Waals surface area contributed by atoms with Gasteiger partial charge in [-0.2, -0.15) is 13.2 Å². The maximum atomic E-state index is 13.1. The predicted molar refractivity (Wildman–Crippen MR) is 102 cm³/mol. The van der Waals surface area contributed by atoms with Gasteiger partial charge in [0.2, 0.25) is 5.89 Å². The van der Waals surface area contributed by atoms with Crippen molar-refractivity contribution in [3.05, 3.63) is 82.6 Å². The Morgan fingerprint density at radius 2 is 1.90 bits per heavy atom. The number of benzene rings is 2. The topological polar surface area (TPSA) is 55.6 Å². The Morgan fingerprint density at radius 1 is 1.17 bits per heavy atom. The lowest BCUT2D eigenvalue weighted by Gasteiger charge is -2.25. The highest BCUT2D eigenvalue weighted by atomic mass is 19.4. The van der Waals surface area contributed by atoms with Crippen molar-refractivity contribution in [2.24, 2.45) is 0 Å². The van der Waals surface area contributed by atoms with Crippen LogP contribution in [0, 0.1) is 6.92 Å². The molecule has 0 aliphatic carbocycles. The lowest BCUT2D eigenvalue weighted by molar-refractivity contribution is -0.139. The highest BCUT2D eigenvalue weighted by Gasteiger charge is 2.34. The third-order valence-corrected chi connectivity index (χ3v) is 4.90. The van der Waals surface area contributed by atoms with Crippen LogP contribution in [0.4, 0.5) is 13.2 Å². The number of nitrogens with zero attached hydrogens (tertiary/aromatic N) is 2. The van der Waals surface area contributed by atoms with Crippen LogP contribution in [0.5, 0.6) is 5.75 Å². The molecule has 0 saturated heterocycles. The summed E-state index contributed by atoms with van der Waals surface area (Å²) < 4.78 is 50.3. The van der Waals surface area contributed by atoms with Crippen molar-refractivity contribution in [1.29, 1.82) is 0 Å². The van der Waals surface area contributed by atoms with Crippen LogP contribution in [0.15, 0.2) is 52.9 Å². The third kappa shape index (κ3) is 4.17. The van der Waals surface area contributed by atoms with Gasteiger partial charge in [0.1, 0.15) is 11.5 Å². The van der Waals surface area contributed by atoms with E-state index >= 15 is 0 Å². The molecular weight excluding hydrogens is 397 g/mol. The van der Waals surface area contributed by atoms with E-state index in [4.69, 9.17) is 9.15 Å². The maximum Gasteiger partial charge on any atom is 0.419 e. The average molecular weight is 416 g/mol. The van der Waals surface area contributed by atoms with Crippen LogP contribution in [-0.4, -0.2) is 22.3 Å². The first-order valence-corrected chi connectivity index (χ1v) is 9.43. The second kappa shape index (κ2) is 7.85. The molecule has 1 amide bonds. The van der Waals surface area contributed by atoms with Gasteiger partial charge in [0.05, 0.1) is 17.8 Å². The van der Waals surface area contributed by atoms with Gasteiger partial charge in [-0.15, -0.1) is 0 Å². The molecule has 1 aromatic heterocycles. The number of ether oxygens (including phenoxy) is 1. The molecule has 8 heteroatoms. The van der Waals surface area contributed by atoms with Gasteiger partial charge < -0.3 is 14.1 Å². The van der Waals surface area contributed by atoms with E-state index < -0.39 is 11.7 Å². The predicted octanol–water partition coefficient (Wildman–Crippen LogP) is 4.78. The summed E-state index contributed by atoms with van der Waals surface area (Å²) in [5, 5.41) is 0. The summed E-state index contributed by atoms with van der Waals surface area (Å²) in [4.78, 5) is 18.7. The van der Waals surface area contributed by atoms with Crippen LogP contribution in [-0.2, 0) is 25.7 Å². The van der Waals surface area contributed by atoms with Crippen LogP contribution in [0.25, 0.3) is 0 Å². The van der Waals surface area contributed by atoms with Crippen molar-refractivity contribution in [2.45, 2.75) is 32.7 Å². The smallest absolute Gasteiger partial charge is 0.419 e. The minimum atomic E-state index is -4.51. The zero-order valence-corrected chi connectivity index (χ0v) is 16.2. The first-order valence-electron chi connectivity index (χ1n) is 9.43. The summed E-state index contributed by atoms with van der Waals surface area (Å²) >= 11 is 0. The largest absolute Gasteiger partial charge is 0.483 e. The first kappa shape index (κ1) is 20.0. The van der Waals surface area contributed by atoms with Gasteiger partial charge in [0, 0.05) is 18.5 Å². The second-order valence-corrected chi connectivity index (χ2v) is 7.10. The van der Waals surface area contributed by atoms with Crippen molar-refractivity contribution in [1.82, 2.24) is 9.88 Å². The van der Waals surface area contributed by atoms with Gasteiger partial charge >= 0.3 is 6.18 Å². The maximum absolute atomic E-state index is 13.1. The minimum absolute atomic E-state index is 0.103. The highest BCUT2D eigenvalue weighted by Crippen LogP contribution is 2.36. The van der Waals surface area contributed by atoms with Crippen molar-refractivity contribution < 1.29 is 27.1 Å². The highest BCUT2D eigenvalue weighted by molar-refractivity contribution is 5.94. The third-order valence-electron chi connectivity index (χ3n) is 4.90. The monoisotopic (exact) mass is 416 g/mol. The molecule has 1 aliphatic heterocycles. The summed E-state index contributed by atoms with van der Waals surface area (Å²) in [5.74, 6) is 0.331. The number of rotatable bonds is 4. The van der Waals surface area contributed by atoms with E-state index in [0.29, 0.717) is 30.0 Å². The normalized spacial score (nSPS) is 13.8. The van der Waals surface area contributed by atoms with Gasteiger partial charge in [0.15, 0.2) is 6.61 Å². The molecule has 5 nitrogen and oxygen atoms in total. The van der Waals surface area contributed by atoms with Gasteiger partial charge in [-0.1, -0.05) is 29.8 Å².